The van der Waals surface area contributed by atoms with E-state index < -0.39 is 11.7 Å². The molecule has 1 rings (SSSR count). The molecule has 0 aliphatic heterocycles. The van der Waals surface area contributed by atoms with E-state index in [2.05, 4.69) is 5.32 Å². The summed E-state index contributed by atoms with van der Waals surface area (Å²) < 4.78 is 37.4. The van der Waals surface area contributed by atoms with E-state index in [0.29, 0.717) is 12.1 Å². The number of rotatable bonds is 2. The Labute approximate surface area is 100 Å². The van der Waals surface area contributed by atoms with Crippen LogP contribution in [0.5, 0.6) is 0 Å². The summed E-state index contributed by atoms with van der Waals surface area (Å²) in [6.45, 7) is 8.34. The second kappa shape index (κ2) is 4.69. The average molecular weight is 245 g/mol. The fraction of sp³-hybridized carbons (Fsp3) is 0.538. The molecule has 0 unspecified atom stereocenters. The highest BCUT2D eigenvalue weighted by Gasteiger charge is 2.30. The van der Waals surface area contributed by atoms with Crippen molar-refractivity contribution >= 4 is 0 Å². The van der Waals surface area contributed by atoms with Crippen LogP contribution in [-0.2, 0) is 12.7 Å². The summed E-state index contributed by atoms with van der Waals surface area (Å²) in [6.07, 6.45) is -4.26. The summed E-state index contributed by atoms with van der Waals surface area (Å²) in [5.74, 6) is 0. The Kier molecular flexibility index (Phi) is 3.87. The van der Waals surface area contributed by atoms with Gasteiger partial charge in [0.2, 0.25) is 0 Å². The smallest absolute Gasteiger partial charge is 0.308 e. The normalized spacial score (nSPS) is 12.9. The van der Waals surface area contributed by atoms with Crippen molar-refractivity contribution < 1.29 is 13.2 Å². The van der Waals surface area contributed by atoms with E-state index in [-0.39, 0.29) is 5.54 Å². The van der Waals surface area contributed by atoms with Gasteiger partial charge in [-0.05, 0) is 51.0 Å². The molecule has 0 radical (unpaired) electrons. The van der Waals surface area contributed by atoms with Gasteiger partial charge in [0, 0.05) is 12.1 Å². The SMILES string of the molecule is Cc1cc(C(F)(F)F)ccc1CNC(C)(C)C. The molecule has 0 aromatic heterocycles. The number of alkyl halides is 3. The van der Waals surface area contributed by atoms with Crippen molar-refractivity contribution in [2.75, 3.05) is 0 Å². The van der Waals surface area contributed by atoms with Crippen LogP contribution in [0.3, 0.4) is 0 Å². The lowest BCUT2D eigenvalue weighted by molar-refractivity contribution is -0.137. The van der Waals surface area contributed by atoms with Gasteiger partial charge in [0.25, 0.3) is 0 Å². The Morgan fingerprint density at radius 2 is 1.71 bits per heavy atom. The summed E-state index contributed by atoms with van der Waals surface area (Å²) in [5.41, 5.74) is 0.925. The maximum absolute atomic E-state index is 12.5. The Morgan fingerprint density at radius 1 is 1.12 bits per heavy atom. The van der Waals surface area contributed by atoms with Gasteiger partial charge in [0.1, 0.15) is 0 Å². The predicted molar refractivity (Wildman–Crippen MR) is 62.8 cm³/mol. The standard InChI is InChI=1S/C13H18F3N/c1-9-7-11(13(14,15)16)6-5-10(9)8-17-12(2,3)4/h5-7,17H,8H2,1-4H3. The molecule has 17 heavy (non-hydrogen) atoms. The van der Waals surface area contributed by atoms with Crippen LogP contribution in [0.2, 0.25) is 0 Å². The van der Waals surface area contributed by atoms with Crippen LogP contribution in [0.25, 0.3) is 0 Å². The molecular formula is C13H18F3N. The molecule has 0 aliphatic carbocycles. The van der Waals surface area contributed by atoms with Gasteiger partial charge >= 0.3 is 6.18 Å². The second-order valence-electron chi connectivity index (χ2n) is 5.24. The van der Waals surface area contributed by atoms with Crippen LogP contribution < -0.4 is 5.32 Å². The minimum absolute atomic E-state index is 0.0465. The van der Waals surface area contributed by atoms with Crippen molar-refractivity contribution in [1.29, 1.82) is 0 Å². The van der Waals surface area contributed by atoms with Crippen LogP contribution in [-0.4, -0.2) is 5.54 Å². The highest BCUT2D eigenvalue weighted by Crippen LogP contribution is 2.30. The molecule has 1 N–H and O–H groups in total. The zero-order valence-corrected chi connectivity index (χ0v) is 10.6. The average Bonchev–Trinajstić information content (AvgIpc) is 2.12. The minimum atomic E-state index is -4.26. The Balaban J connectivity index is 2.84. The molecule has 0 amide bonds. The van der Waals surface area contributed by atoms with Crippen molar-refractivity contribution in [2.24, 2.45) is 0 Å². The third-order valence-electron chi connectivity index (χ3n) is 2.48. The van der Waals surface area contributed by atoms with Crippen LogP contribution in [0.4, 0.5) is 13.2 Å². The fourth-order valence-corrected chi connectivity index (χ4v) is 1.43. The predicted octanol–water partition coefficient (Wildman–Crippen LogP) is 3.90. The molecule has 0 aliphatic rings. The summed E-state index contributed by atoms with van der Waals surface area (Å²) in [5, 5.41) is 3.26. The third-order valence-corrected chi connectivity index (χ3v) is 2.48. The summed E-state index contributed by atoms with van der Waals surface area (Å²) in [7, 11) is 0. The molecule has 0 atom stereocenters. The molecule has 1 aromatic carbocycles. The molecule has 0 saturated heterocycles. The van der Waals surface area contributed by atoms with E-state index >= 15 is 0 Å². The van der Waals surface area contributed by atoms with Crippen molar-refractivity contribution in [3.63, 3.8) is 0 Å². The van der Waals surface area contributed by atoms with Gasteiger partial charge in [0.05, 0.1) is 5.56 Å². The maximum atomic E-state index is 12.5. The van der Waals surface area contributed by atoms with E-state index in [1.165, 1.54) is 12.1 Å². The lowest BCUT2D eigenvalue weighted by Crippen LogP contribution is -2.35. The molecule has 0 bridgehead atoms. The largest absolute Gasteiger partial charge is 0.416 e. The van der Waals surface area contributed by atoms with Gasteiger partial charge in [-0.2, -0.15) is 13.2 Å². The number of benzene rings is 1. The topological polar surface area (TPSA) is 12.0 Å². The van der Waals surface area contributed by atoms with Gasteiger partial charge < -0.3 is 5.32 Å². The van der Waals surface area contributed by atoms with Crippen LogP contribution in [0.1, 0.15) is 37.5 Å². The Bertz CT molecular complexity index is 389. The molecule has 1 nitrogen and oxygen atoms in total. The molecular weight excluding hydrogens is 227 g/mol. The minimum Gasteiger partial charge on any atom is -0.308 e. The summed E-state index contributed by atoms with van der Waals surface area (Å²) in [6, 6.07) is 3.86. The first-order valence-electron chi connectivity index (χ1n) is 5.51. The third kappa shape index (κ3) is 4.38. The van der Waals surface area contributed by atoms with Gasteiger partial charge in [-0.15, -0.1) is 0 Å². The number of aryl methyl sites for hydroxylation is 1. The summed E-state index contributed by atoms with van der Waals surface area (Å²) in [4.78, 5) is 0. The molecule has 4 heteroatoms. The van der Waals surface area contributed by atoms with Crippen molar-refractivity contribution in [3.8, 4) is 0 Å². The zero-order valence-electron chi connectivity index (χ0n) is 10.6. The lowest BCUT2D eigenvalue weighted by Gasteiger charge is -2.21. The number of halogens is 3. The molecule has 0 heterocycles. The van der Waals surface area contributed by atoms with Crippen LogP contribution >= 0.6 is 0 Å². The quantitative estimate of drug-likeness (QED) is 0.833. The van der Waals surface area contributed by atoms with Crippen molar-refractivity contribution in [2.45, 2.75) is 46.0 Å². The van der Waals surface area contributed by atoms with E-state index in [1.807, 2.05) is 20.8 Å². The Hall–Kier alpha value is -1.03. The molecule has 0 fully saturated rings. The van der Waals surface area contributed by atoms with Crippen molar-refractivity contribution in [1.82, 2.24) is 5.32 Å². The Morgan fingerprint density at radius 3 is 2.12 bits per heavy atom. The van der Waals surface area contributed by atoms with E-state index in [0.717, 1.165) is 11.6 Å². The first-order chi connectivity index (χ1) is 7.59. The first kappa shape index (κ1) is 14.0. The fourth-order valence-electron chi connectivity index (χ4n) is 1.43. The first-order valence-corrected chi connectivity index (χ1v) is 5.51. The molecule has 1 aromatic rings. The van der Waals surface area contributed by atoms with Gasteiger partial charge in [-0.3, -0.25) is 0 Å². The van der Waals surface area contributed by atoms with Gasteiger partial charge in [-0.25, -0.2) is 0 Å². The molecule has 0 saturated carbocycles. The molecule has 96 valence electrons. The van der Waals surface area contributed by atoms with E-state index in [4.69, 9.17) is 0 Å². The number of hydrogen-bond donors (Lipinski definition) is 1. The van der Waals surface area contributed by atoms with Crippen LogP contribution in [0, 0.1) is 6.92 Å². The van der Waals surface area contributed by atoms with Gasteiger partial charge in [0.15, 0.2) is 0 Å². The van der Waals surface area contributed by atoms with Crippen LogP contribution in [0.15, 0.2) is 18.2 Å². The summed E-state index contributed by atoms with van der Waals surface area (Å²) >= 11 is 0. The highest BCUT2D eigenvalue weighted by atomic mass is 19.4. The highest BCUT2D eigenvalue weighted by molar-refractivity contribution is 5.32. The van der Waals surface area contributed by atoms with E-state index in [9.17, 15) is 13.2 Å². The maximum Gasteiger partial charge on any atom is 0.416 e. The number of nitrogens with one attached hydrogen (secondary N) is 1. The number of hydrogen-bond acceptors (Lipinski definition) is 1. The lowest BCUT2D eigenvalue weighted by atomic mass is 10.0. The van der Waals surface area contributed by atoms with Crippen molar-refractivity contribution in [3.05, 3.63) is 34.9 Å². The molecule has 0 spiro atoms. The second-order valence-corrected chi connectivity index (χ2v) is 5.24. The van der Waals surface area contributed by atoms with Gasteiger partial charge in [-0.1, -0.05) is 6.07 Å². The van der Waals surface area contributed by atoms with E-state index in [1.54, 1.807) is 6.92 Å². The monoisotopic (exact) mass is 245 g/mol. The zero-order chi connectivity index (χ0) is 13.3.